The van der Waals surface area contributed by atoms with E-state index in [1.54, 1.807) is 12.3 Å². The van der Waals surface area contributed by atoms with Crippen molar-refractivity contribution in [3.8, 4) is 11.6 Å². The highest BCUT2D eigenvalue weighted by Crippen LogP contribution is 2.27. The van der Waals surface area contributed by atoms with Gasteiger partial charge in [-0.15, -0.1) is 10.2 Å². The first-order valence-corrected chi connectivity index (χ1v) is 10.7. The van der Waals surface area contributed by atoms with E-state index < -0.39 is 0 Å². The Bertz CT molecular complexity index is 1190. The lowest BCUT2D eigenvalue weighted by Gasteiger charge is -2.23. The van der Waals surface area contributed by atoms with Crippen LogP contribution < -0.4 is 15.2 Å². The molecule has 7 nitrogen and oxygen atoms in total. The summed E-state index contributed by atoms with van der Waals surface area (Å²) in [5, 5.41) is 11.4. The van der Waals surface area contributed by atoms with Gasteiger partial charge in [0.2, 0.25) is 0 Å². The third-order valence-corrected chi connectivity index (χ3v) is 5.34. The van der Waals surface area contributed by atoms with E-state index in [0.29, 0.717) is 19.0 Å². The van der Waals surface area contributed by atoms with E-state index in [2.05, 4.69) is 49.1 Å². The highest BCUT2D eigenvalue weighted by molar-refractivity contribution is 9.10. The van der Waals surface area contributed by atoms with E-state index in [1.807, 2.05) is 48.5 Å². The van der Waals surface area contributed by atoms with E-state index in [9.17, 15) is 4.79 Å². The molecule has 1 N–H and O–H groups in total. The van der Waals surface area contributed by atoms with Crippen LogP contribution in [0.4, 0.5) is 5.82 Å². The molecular weight excluding hydrogens is 458 g/mol. The SMILES string of the molecule is CCN(Cc1cc(Br)ccc1OCc1ccccc1)c1ccc(-n2[nH]ccc2=O)nn1. The van der Waals surface area contributed by atoms with Crippen LogP contribution in [0.1, 0.15) is 18.1 Å². The van der Waals surface area contributed by atoms with Crippen molar-refractivity contribution in [2.24, 2.45) is 0 Å². The zero-order valence-electron chi connectivity index (χ0n) is 17.0. The molecule has 0 bridgehead atoms. The molecule has 0 aliphatic rings. The maximum absolute atomic E-state index is 11.8. The molecule has 0 aliphatic carbocycles. The van der Waals surface area contributed by atoms with Gasteiger partial charge in [-0.05, 0) is 42.8 Å². The molecule has 0 saturated carbocycles. The molecule has 158 valence electrons. The Balaban J connectivity index is 1.53. The minimum atomic E-state index is -0.177. The van der Waals surface area contributed by atoms with Gasteiger partial charge in [0.05, 0.1) is 0 Å². The lowest BCUT2D eigenvalue weighted by atomic mass is 10.1. The molecule has 0 aliphatic heterocycles. The molecule has 0 amide bonds. The number of rotatable bonds is 8. The molecule has 2 aromatic heterocycles. The normalized spacial score (nSPS) is 10.8. The monoisotopic (exact) mass is 479 g/mol. The van der Waals surface area contributed by atoms with Crippen molar-refractivity contribution in [2.45, 2.75) is 20.1 Å². The molecule has 2 heterocycles. The minimum absolute atomic E-state index is 0.177. The second-order valence-corrected chi connectivity index (χ2v) is 7.84. The molecule has 0 fully saturated rings. The summed E-state index contributed by atoms with van der Waals surface area (Å²) in [5.74, 6) is 2.00. The smallest absolute Gasteiger partial charge is 0.272 e. The van der Waals surface area contributed by atoms with Crippen LogP contribution in [0.3, 0.4) is 0 Å². The van der Waals surface area contributed by atoms with Gasteiger partial charge in [-0.25, -0.2) is 0 Å². The van der Waals surface area contributed by atoms with Crippen LogP contribution in [-0.4, -0.2) is 26.5 Å². The number of ether oxygens (including phenoxy) is 1. The number of nitrogens with one attached hydrogen (secondary N) is 1. The number of anilines is 1. The van der Waals surface area contributed by atoms with Crippen molar-refractivity contribution in [3.63, 3.8) is 0 Å². The highest BCUT2D eigenvalue weighted by Gasteiger charge is 2.13. The van der Waals surface area contributed by atoms with Crippen molar-refractivity contribution >= 4 is 21.7 Å². The maximum Gasteiger partial charge on any atom is 0.272 e. The molecular formula is C23H22BrN5O2. The summed E-state index contributed by atoms with van der Waals surface area (Å²) in [6, 6.07) is 21.2. The zero-order valence-corrected chi connectivity index (χ0v) is 18.6. The van der Waals surface area contributed by atoms with Crippen LogP contribution in [0.25, 0.3) is 5.82 Å². The van der Waals surface area contributed by atoms with Gasteiger partial charge in [0, 0.05) is 35.4 Å². The lowest BCUT2D eigenvalue weighted by molar-refractivity contribution is 0.302. The number of hydrogen-bond donors (Lipinski definition) is 1. The Labute approximate surface area is 188 Å². The van der Waals surface area contributed by atoms with Crippen LogP contribution in [0.15, 0.2) is 82.2 Å². The minimum Gasteiger partial charge on any atom is -0.489 e. The fraction of sp³-hybridized carbons (Fsp3) is 0.174. The van der Waals surface area contributed by atoms with Gasteiger partial charge in [-0.3, -0.25) is 9.89 Å². The Hall–Kier alpha value is -3.39. The van der Waals surface area contributed by atoms with E-state index in [-0.39, 0.29) is 5.56 Å². The summed E-state index contributed by atoms with van der Waals surface area (Å²) in [6.45, 7) is 3.91. The van der Waals surface area contributed by atoms with Crippen LogP contribution in [-0.2, 0) is 13.2 Å². The van der Waals surface area contributed by atoms with Crippen molar-refractivity contribution < 1.29 is 4.74 Å². The third kappa shape index (κ3) is 5.03. The van der Waals surface area contributed by atoms with Gasteiger partial charge in [-0.2, -0.15) is 4.68 Å². The first-order valence-electron chi connectivity index (χ1n) is 9.94. The van der Waals surface area contributed by atoms with E-state index in [4.69, 9.17) is 4.74 Å². The molecule has 2 aromatic carbocycles. The van der Waals surface area contributed by atoms with Crippen molar-refractivity contribution in [1.29, 1.82) is 0 Å². The van der Waals surface area contributed by atoms with Gasteiger partial charge in [-0.1, -0.05) is 46.3 Å². The quantitative estimate of drug-likeness (QED) is 0.407. The molecule has 0 saturated heterocycles. The number of aromatic nitrogens is 4. The topological polar surface area (TPSA) is 76.0 Å². The summed E-state index contributed by atoms with van der Waals surface area (Å²) in [7, 11) is 0. The second kappa shape index (κ2) is 9.61. The molecule has 0 radical (unpaired) electrons. The van der Waals surface area contributed by atoms with E-state index >= 15 is 0 Å². The van der Waals surface area contributed by atoms with Gasteiger partial charge in [0.25, 0.3) is 5.56 Å². The molecule has 8 heteroatoms. The fourth-order valence-electron chi connectivity index (χ4n) is 3.21. The van der Waals surface area contributed by atoms with Crippen molar-refractivity contribution in [1.82, 2.24) is 20.0 Å². The third-order valence-electron chi connectivity index (χ3n) is 4.84. The average molecular weight is 480 g/mol. The van der Waals surface area contributed by atoms with Crippen LogP contribution in [0.5, 0.6) is 5.75 Å². The zero-order chi connectivity index (χ0) is 21.6. The number of H-pyrrole nitrogens is 1. The number of halogens is 1. The van der Waals surface area contributed by atoms with E-state index in [1.165, 1.54) is 10.7 Å². The predicted molar refractivity (Wildman–Crippen MR) is 124 cm³/mol. The number of hydrogen-bond acceptors (Lipinski definition) is 5. The van der Waals surface area contributed by atoms with Gasteiger partial charge in [0.1, 0.15) is 12.4 Å². The number of aromatic amines is 1. The van der Waals surface area contributed by atoms with Crippen LogP contribution in [0.2, 0.25) is 0 Å². The predicted octanol–water partition coefficient (Wildman–Crippen LogP) is 4.32. The Morgan fingerprint density at radius 3 is 2.58 bits per heavy atom. The number of nitrogens with zero attached hydrogens (tertiary/aromatic N) is 4. The Kier molecular flexibility index (Phi) is 6.47. The summed E-state index contributed by atoms with van der Waals surface area (Å²) in [4.78, 5) is 13.9. The Morgan fingerprint density at radius 2 is 1.90 bits per heavy atom. The molecule has 4 rings (SSSR count). The Morgan fingerprint density at radius 1 is 1.06 bits per heavy atom. The summed E-state index contributed by atoms with van der Waals surface area (Å²) in [5.41, 5.74) is 1.98. The summed E-state index contributed by atoms with van der Waals surface area (Å²) >= 11 is 3.56. The largest absolute Gasteiger partial charge is 0.489 e. The standard InChI is InChI=1S/C23H22BrN5O2/c1-2-28(21-10-11-22(27-26-21)29-23(30)12-13-25-29)15-18-14-19(24)8-9-20(18)31-16-17-6-4-3-5-7-17/h3-14,25H,2,15-16H2,1H3. The van der Waals surface area contributed by atoms with Gasteiger partial charge < -0.3 is 9.64 Å². The van der Waals surface area contributed by atoms with E-state index in [0.717, 1.165) is 33.7 Å². The first kappa shape index (κ1) is 20.9. The molecule has 4 aromatic rings. The molecule has 0 spiro atoms. The molecule has 0 unspecified atom stereocenters. The fourth-order valence-corrected chi connectivity index (χ4v) is 3.62. The summed E-state index contributed by atoms with van der Waals surface area (Å²) in [6.07, 6.45) is 1.57. The van der Waals surface area contributed by atoms with Crippen LogP contribution >= 0.6 is 15.9 Å². The highest BCUT2D eigenvalue weighted by atomic mass is 79.9. The molecule has 31 heavy (non-hydrogen) atoms. The van der Waals surface area contributed by atoms with Crippen molar-refractivity contribution in [3.05, 3.63) is 98.9 Å². The van der Waals surface area contributed by atoms with Gasteiger partial charge >= 0.3 is 0 Å². The first-order chi connectivity index (χ1) is 15.1. The van der Waals surface area contributed by atoms with Crippen LogP contribution in [0, 0.1) is 0 Å². The van der Waals surface area contributed by atoms with Crippen molar-refractivity contribution in [2.75, 3.05) is 11.4 Å². The maximum atomic E-state index is 11.8. The average Bonchev–Trinajstić information content (AvgIpc) is 3.23. The lowest BCUT2D eigenvalue weighted by Crippen LogP contribution is -2.24. The van der Waals surface area contributed by atoms with Gasteiger partial charge in [0.15, 0.2) is 11.6 Å². The summed E-state index contributed by atoms with van der Waals surface area (Å²) < 4.78 is 8.44. The second-order valence-electron chi connectivity index (χ2n) is 6.93. The molecule has 0 atom stereocenters. The number of benzene rings is 2.